The average Bonchev–Trinajstić information content (AvgIpc) is 2.69. The number of carbonyl (C=O) groups excluding carboxylic acids is 1. The van der Waals surface area contributed by atoms with Crippen molar-refractivity contribution in [3.05, 3.63) is 24.3 Å². The van der Waals surface area contributed by atoms with Gasteiger partial charge in [0.15, 0.2) is 0 Å². The number of hydrogen-bond donors (Lipinski definition) is 1. The third-order valence-electron chi connectivity index (χ3n) is 5.15. The van der Waals surface area contributed by atoms with Gasteiger partial charge in [-0.1, -0.05) is 57.6 Å². The highest BCUT2D eigenvalue weighted by molar-refractivity contribution is 5.86. The second-order valence-corrected chi connectivity index (χ2v) is 7.81. The molecule has 1 heterocycles. The minimum atomic E-state index is -0.417. The SMILES string of the molecule is CCCCCCCCOc1ccccc1NC(=O)O[C@@H](C)CN1CCCCC1. The summed E-state index contributed by atoms with van der Waals surface area (Å²) in [5.74, 6) is 0.705. The van der Waals surface area contributed by atoms with E-state index in [0.717, 1.165) is 26.1 Å². The topological polar surface area (TPSA) is 50.8 Å². The van der Waals surface area contributed by atoms with Gasteiger partial charge in [0.1, 0.15) is 11.9 Å². The molecule has 158 valence electrons. The van der Waals surface area contributed by atoms with Crippen molar-refractivity contribution in [3.63, 3.8) is 0 Å². The summed E-state index contributed by atoms with van der Waals surface area (Å²) >= 11 is 0. The number of benzene rings is 1. The fourth-order valence-electron chi connectivity index (χ4n) is 3.63. The molecule has 1 aromatic rings. The Kier molecular flexibility index (Phi) is 10.8. The summed E-state index contributed by atoms with van der Waals surface area (Å²) in [5.41, 5.74) is 0.670. The van der Waals surface area contributed by atoms with E-state index < -0.39 is 6.09 Å². The molecule has 1 atom stereocenters. The number of nitrogens with zero attached hydrogens (tertiary/aromatic N) is 1. The number of likely N-dealkylation sites (tertiary alicyclic amines) is 1. The lowest BCUT2D eigenvalue weighted by molar-refractivity contribution is 0.0832. The van der Waals surface area contributed by atoms with Gasteiger partial charge < -0.3 is 9.47 Å². The molecule has 0 aromatic heterocycles. The molecule has 2 rings (SSSR count). The maximum absolute atomic E-state index is 12.3. The summed E-state index contributed by atoms with van der Waals surface area (Å²) < 4.78 is 11.4. The molecule has 1 amide bonds. The monoisotopic (exact) mass is 390 g/mol. The molecule has 0 saturated carbocycles. The van der Waals surface area contributed by atoms with Crippen LogP contribution in [0.1, 0.15) is 71.6 Å². The van der Waals surface area contributed by atoms with Crippen molar-refractivity contribution in [3.8, 4) is 5.75 Å². The lowest BCUT2D eigenvalue weighted by atomic mass is 10.1. The highest BCUT2D eigenvalue weighted by Gasteiger charge is 2.17. The van der Waals surface area contributed by atoms with Crippen molar-refractivity contribution in [2.24, 2.45) is 0 Å². The Hall–Kier alpha value is -1.75. The van der Waals surface area contributed by atoms with Gasteiger partial charge in [0, 0.05) is 6.54 Å². The molecule has 1 aliphatic heterocycles. The summed E-state index contributed by atoms with van der Waals surface area (Å²) in [4.78, 5) is 14.7. The van der Waals surface area contributed by atoms with Crippen molar-refractivity contribution in [2.75, 3.05) is 31.6 Å². The van der Waals surface area contributed by atoms with Crippen LogP contribution in [0.25, 0.3) is 0 Å². The Labute approximate surface area is 170 Å². The largest absolute Gasteiger partial charge is 0.491 e. The molecule has 0 radical (unpaired) electrons. The van der Waals surface area contributed by atoms with Crippen molar-refractivity contribution in [2.45, 2.75) is 77.7 Å². The number of ether oxygens (including phenoxy) is 2. The van der Waals surface area contributed by atoms with Crippen molar-refractivity contribution < 1.29 is 14.3 Å². The van der Waals surface area contributed by atoms with Crippen LogP contribution >= 0.6 is 0 Å². The van der Waals surface area contributed by atoms with Crippen LogP contribution in [-0.2, 0) is 4.74 Å². The molecule has 1 aromatic carbocycles. The summed E-state index contributed by atoms with van der Waals surface area (Å²) in [6, 6.07) is 7.56. The number of nitrogens with one attached hydrogen (secondary N) is 1. The minimum absolute atomic E-state index is 0.130. The van der Waals surface area contributed by atoms with Crippen LogP contribution in [0.3, 0.4) is 0 Å². The van der Waals surface area contributed by atoms with Gasteiger partial charge in [0.25, 0.3) is 0 Å². The molecule has 1 aliphatic rings. The molecular weight excluding hydrogens is 352 g/mol. The van der Waals surface area contributed by atoms with E-state index in [1.165, 1.54) is 51.4 Å². The van der Waals surface area contributed by atoms with E-state index in [1.54, 1.807) is 0 Å². The van der Waals surface area contributed by atoms with Gasteiger partial charge in [0.05, 0.1) is 12.3 Å². The number of carbonyl (C=O) groups is 1. The number of anilines is 1. The van der Waals surface area contributed by atoms with Crippen LogP contribution < -0.4 is 10.1 Å². The van der Waals surface area contributed by atoms with E-state index >= 15 is 0 Å². The first kappa shape index (κ1) is 22.5. The van der Waals surface area contributed by atoms with Crippen LogP contribution in [-0.4, -0.2) is 43.3 Å². The predicted molar refractivity (Wildman–Crippen MR) is 115 cm³/mol. The molecule has 1 fully saturated rings. The zero-order chi connectivity index (χ0) is 20.0. The van der Waals surface area contributed by atoms with Gasteiger partial charge in [-0.3, -0.25) is 10.2 Å². The molecule has 0 spiro atoms. The fourth-order valence-corrected chi connectivity index (χ4v) is 3.63. The molecule has 0 unspecified atom stereocenters. The first-order valence-corrected chi connectivity index (χ1v) is 11.1. The van der Waals surface area contributed by atoms with Gasteiger partial charge in [0.2, 0.25) is 0 Å². The Bertz CT molecular complexity index is 559. The highest BCUT2D eigenvalue weighted by atomic mass is 16.6. The smallest absolute Gasteiger partial charge is 0.412 e. The third kappa shape index (κ3) is 8.96. The van der Waals surface area contributed by atoms with Crippen molar-refractivity contribution in [1.82, 2.24) is 4.90 Å². The Morgan fingerprint density at radius 3 is 2.57 bits per heavy atom. The summed E-state index contributed by atoms with van der Waals surface area (Å²) in [6.07, 6.45) is 10.6. The Morgan fingerprint density at radius 1 is 1.07 bits per heavy atom. The van der Waals surface area contributed by atoms with E-state index in [1.807, 2.05) is 31.2 Å². The minimum Gasteiger partial charge on any atom is -0.491 e. The van der Waals surface area contributed by atoms with E-state index in [0.29, 0.717) is 18.0 Å². The van der Waals surface area contributed by atoms with Gasteiger partial charge in [-0.05, 0) is 51.4 Å². The Morgan fingerprint density at radius 2 is 1.79 bits per heavy atom. The molecule has 1 N–H and O–H groups in total. The summed E-state index contributed by atoms with van der Waals surface area (Å²) in [5, 5.41) is 2.84. The second-order valence-electron chi connectivity index (χ2n) is 7.81. The molecule has 5 nitrogen and oxygen atoms in total. The standard InChI is InChI=1S/C23H38N2O3/c1-3-4-5-6-7-13-18-27-22-15-10-9-14-21(22)24-23(26)28-20(2)19-25-16-11-8-12-17-25/h9-10,14-15,20H,3-8,11-13,16-19H2,1-2H3,(H,24,26)/t20-/m0/s1. The number of piperidine rings is 1. The van der Waals surface area contributed by atoms with Crippen LogP contribution in [0.5, 0.6) is 5.75 Å². The highest BCUT2D eigenvalue weighted by Crippen LogP contribution is 2.24. The third-order valence-corrected chi connectivity index (χ3v) is 5.15. The van der Waals surface area contributed by atoms with E-state index in [-0.39, 0.29) is 6.10 Å². The zero-order valence-electron chi connectivity index (χ0n) is 17.8. The van der Waals surface area contributed by atoms with Crippen LogP contribution in [0.4, 0.5) is 10.5 Å². The molecule has 0 bridgehead atoms. The zero-order valence-corrected chi connectivity index (χ0v) is 17.8. The predicted octanol–water partition coefficient (Wildman–Crippen LogP) is 5.85. The maximum atomic E-state index is 12.3. The second kappa shape index (κ2) is 13.4. The quantitative estimate of drug-likeness (QED) is 0.455. The molecule has 1 saturated heterocycles. The number of unbranched alkanes of at least 4 members (excludes halogenated alkanes) is 5. The van der Waals surface area contributed by atoms with Crippen LogP contribution in [0, 0.1) is 0 Å². The summed E-state index contributed by atoms with van der Waals surface area (Å²) in [6.45, 7) is 7.85. The van der Waals surface area contributed by atoms with Gasteiger partial charge in [-0.25, -0.2) is 4.79 Å². The normalized spacial score (nSPS) is 15.8. The molecule has 0 aliphatic carbocycles. The number of hydrogen-bond acceptors (Lipinski definition) is 4. The van der Waals surface area contributed by atoms with E-state index in [2.05, 4.69) is 17.1 Å². The molecule has 28 heavy (non-hydrogen) atoms. The lowest BCUT2D eigenvalue weighted by Gasteiger charge is -2.28. The molecular formula is C23H38N2O3. The van der Waals surface area contributed by atoms with E-state index in [4.69, 9.17) is 9.47 Å². The maximum Gasteiger partial charge on any atom is 0.412 e. The average molecular weight is 391 g/mol. The van der Waals surface area contributed by atoms with Gasteiger partial charge in [-0.15, -0.1) is 0 Å². The molecule has 5 heteroatoms. The van der Waals surface area contributed by atoms with Crippen molar-refractivity contribution in [1.29, 1.82) is 0 Å². The first-order chi connectivity index (χ1) is 13.7. The van der Waals surface area contributed by atoms with Gasteiger partial charge in [-0.2, -0.15) is 0 Å². The van der Waals surface area contributed by atoms with E-state index in [9.17, 15) is 4.79 Å². The van der Waals surface area contributed by atoms with Crippen molar-refractivity contribution >= 4 is 11.8 Å². The number of rotatable bonds is 12. The number of amides is 1. The Balaban J connectivity index is 1.71. The first-order valence-electron chi connectivity index (χ1n) is 11.1. The van der Waals surface area contributed by atoms with Gasteiger partial charge >= 0.3 is 6.09 Å². The van der Waals surface area contributed by atoms with Crippen LogP contribution in [0.15, 0.2) is 24.3 Å². The van der Waals surface area contributed by atoms with Crippen LogP contribution in [0.2, 0.25) is 0 Å². The number of para-hydroxylation sites is 2. The fraction of sp³-hybridized carbons (Fsp3) is 0.696. The lowest BCUT2D eigenvalue weighted by Crippen LogP contribution is -2.37. The summed E-state index contributed by atoms with van der Waals surface area (Å²) in [7, 11) is 0.